The Kier molecular flexibility index (Phi) is 4.43. The van der Waals surface area contributed by atoms with Gasteiger partial charge in [0.1, 0.15) is 23.2 Å². The van der Waals surface area contributed by atoms with Crippen molar-refractivity contribution in [2.45, 2.75) is 6.54 Å². The van der Waals surface area contributed by atoms with Crippen molar-refractivity contribution in [3.63, 3.8) is 0 Å². The zero-order chi connectivity index (χ0) is 16.9. The third-order valence-electron chi connectivity index (χ3n) is 3.57. The number of hydrogen-bond acceptors (Lipinski definition) is 4. The van der Waals surface area contributed by atoms with Gasteiger partial charge in [-0.05, 0) is 42.5 Å². The molecule has 1 aromatic heterocycles. The number of benzene rings is 2. The van der Waals surface area contributed by atoms with Crippen LogP contribution in [0.1, 0.15) is 11.3 Å². The molecule has 1 heterocycles. The van der Waals surface area contributed by atoms with Gasteiger partial charge in [-0.2, -0.15) is 10.4 Å². The molecule has 0 unspecified atom stereocenters. The summed E-state index contributed by atoms with van der Waals surface area (Å²) in [6.45, 7) is 0.390. The second kappa shape index (κ2) is 6.84. The quantitative estimate of drug-likeness (QED) is 0.781. The van der Waals surface area contributed by atoms with Crippen LogP contribution in [0.25, 0.3) is 5.69 Å². The number of halogens is 1. The van der Waals surface area contributed by atoms with E-state index in [4.69, 9.17) is 10.00 Å². The number of nitrogens with zero attached hydrogens (tertiary/aromatic N) is 3. The maximum absolute atomic E-state index is 13.6. The lowest BCUT2D eigenvalue weighted by molar-refractivity contribution is 0.414. The van der Waals surface area contributed by atoms with Gasteiger partial charge in [-0.3, -0.25) is 0 Å². The van der Waals surface area contributed by atoms with Gasteiger partial charge in [0.25, 0.3) is 0 Å². The van der Waals surface area contributed by atoms with Crippen LogP contribution in [-0.2, 0) is 6.54 Å². The van der Waals surface area contributed by atoms with Gasteiger partial charge < -0.3 is 10.1 Å². The molecule has 0 spiro atoms. The molecule has 0 atom stereocenters. The lowest BCUT2D eigenvalue weighted by Gasteiger charge is -2.07. The smallest absolute Gasteiger partial charge is 0.143 e. The first-order valence-electron chi connectivity index (χ1n) is 7.32. The Labute approximate surface area is 138 Å². The molecule has 1 N–H and O–H groups in total. The van der Waals surface area contributed by atoms with Crippen LogP contribution in [0.2, 0.25) is 0 Å². The summed E-state index contributed by atoms with van der Waals surface area (Å²) in [5, 5.41) is 16.5. The minimum absolute atomic E-state index is 0.00656. The second-order valence-electron chi connectivity index (χ2n) is 5.08. The third kappa shape index (κ3) is 3.20. The van der Waals surface area contributed by atoms with E-state index < -0.39 is 5.82 Å². The molecule has 0 bridgehead atoms. The number of nitriles is 1. The van der Waals surface area contributed by atoms with Crippen LogP contribution in [0.4, 0.5) is 10.1 Å². The zero-order valence-electron chi connectivity index (χ0n) is 13.0. The topological polar surface area (TPSA) is 62.9 Å². The molecule has 6 heteroatoms. The highest BCUT2D eigenvalue weighted by Crippen LogP contribution is 2.19. The van der Waals surface area contributed by atoms with E-state index in [1.807, 2.05) is 42.6 Å². The number of nitrogens with one attached hydrogen (secondary N) is 1. The average Bonchev–Trinajstić information content (AvgIpc) is 3.09. The molecular weight excluding hydrogens is 307 g/mol. The van der Waals surface area contributed by atoms with Gasteiger partial charge in [0.2, 0.25) is 0 Å². The van der Waals surface area contributed by atoms with Gasteiger partial charge in [-0.15, -0.1) is 0 Å². The van der Waals surface area contributed by atoms with Gasteiger partial charge in [-0.1, -0.05) is 6.07 Å². The second-order valence-corrected chi connectivity index (χ2v) is 5.08. The fraction of sp³-hybridized carbons (Fsp3) is 0.111. The number of ether oxygens (including phenoxy) is 1. The van der Waals surface area contributed by atoms with Gasteiger partial charge in [0, 0.05) is 6.20 Å². The summed E-state index contributed by atoms with van der Waals surface area (Å²) in [6, 6.07) is 15.8. The van der Waals surface area contributed by atoms with Crippen LogP contribution < -0.4 is 10.1 Å². The SMILES string of the molecule is COc1ccc(-n2ccc(CNc3cccc(F)c3C#N)n2)cc1. The predicted molar refractivity (Wildman–Crippen MR) is 88.6 cm³/mol. The van der Waals surface area contributed by atoms with E-state index in [-0.39, 0.29) is 5.56 Å². The van der Waals surface area contributed by atoms with E-state index >= 15 is 0 Å². The van der Waals surface area contributed by atoms with Crippen molar-refractivity contribution in [3.05, 3.63) is 71.8 Å². The lowest BCUT2D eigenvalue weighted by Crippen LogP contribution is -2.04. The van der Waals surface area contributed by atoms with Crippen molar-refractivity contribution < 1.29 is 9.13 Å². The van der Waals surface area contributed by atoms with Gasteiger partial charge >= 0.3 is 0 Å². The Hall–Kier alpha value is -3.33. The lowest BCUT2D eigenvalue weighted by atomic mass is 10.2. The van der Waals surface area contributed by atoms with Crippen molar-refractivity contribution in [1.82, 2.24) is 9.78 Å². The first-order chi connectivity index (χ1) is 11.7. The van der Waals surface area contributed by atoms with Crippen molar-refractivity contribution >= 4 is 5.69 Å². The molecule has 0 saturated heterocycles. The van der Waals surface area contributed by atoms with E-state index in [1.165, 1.54) is 6.07 Å². The first kappa shape index (κ1) is 15.6. The Morgan fingerprint density at radius 1 is 1.21 bits per heavy atom. The van der Waals surface area contributed by atoms with E-state index in [9.17, 15) is 4.39 Å². The van der Waals surface area contributed by atoms with Gasteiger partial charge in [0.15, 0.2) is 0 Å². The molecule has 0 aliphatic rings. The van der Waals surface area contributed by atoms with E-state index in [0.29, 0.717) is 12.2 Å². The summed E-state index contributed by atoms with van der Waals surface area (Å²) in [4.78, 5) is 0. The molecule has 0 fully saturated rings. The van der Waals surface area contributed by atoms with Gasteiger partial charge in [-0.25, -0.2) is 9.07 Å². The Morgan fingerprint density at radius 3 is 2.71 bits per heavy atom. The summed E-state index contributed by atoms with van der Waals surface area (Å²) in [7, 11) is 1.62. The monoisotopic (exact) mass is 322 g/mol. The minimum atomic E-state index is -0.536. The summed E-state index contributed by atoms with van der Waals surface area (Å²) >= 11 is 0. The highest BCUT2D eigenvalue weighted by Gasteiger charge is 2.08. The minimum Gasteiger partial charge on any atom is -0.497 e. The fourth-order valence-corrected chi connectivity index (χ4v) is 2.31. The van der Waals surface area contributed by atoms with Crippen molar-refractivity contribution in [2.75, 3.05) is 12.4 Å². The average molecular weight is 322 g/mol. The number of hydrogen-bond donors (Lipinski definition) is 1. The molecule has 0 saturated carbocycles. The van der Waals surface area contributed by atoms with Crippen molar-refractivity contribution in [2.24, 2.45) is 0 Å². The highest BCUT2D eigenvalue weighted by atomic mass is 19.1. The largest absolute Gasteiger partial charge is 0.497 e. The molecule has 0 radical (unpaired) electrons. The molecule has 3 aromatic rings. The zero-order valence-corrected chi connectivity index (χ0v) is 13.0. The number of aromatic nitrogens is 2. The Morgan fingerprint density at radius 2 is 2.00 bits per heavy atom. The molecule has 0 aliphatic carbocycles. The van der Waals surface area contributed by atoms with Crippen LogP contribution in [-0.4, -0.2) is 16.9 Å². The standard InChI is InChI=1S/C18H15FN4O/c1-24-15-7-5-14(6-8-15)23-10-9-13(22-23)12-21-18-4-2-3-17(19)16(18)11-20/h2-10,21H,12H2,1H3. The van der Waals surface area contributed by atoms with E-state index in [0.717, 1.165) is 17.1 Å². The van der Waals surface area contributed by atoms with E-state index in [1.54, 1.807) is 23.9 Å². The van der Waals surface area contributed by atoms with Crippen LogP contribution in [0.15, 0.2) is 54.7 Å². The first-order valence-corrected chi connectivity index (χ1v) is 7.32. The molecule has 2 aromatic carbocycles. The van der Waals surface area contributed by atoms with Crippen molar-refractivity contribution in [3.8, 4) is 17.5 Å². The maximum atomic E-state index is 13.6. The summed E-state index contributed by atoms with van der Waals surface area (Å²) in [5.74, 6) is 0.245. The Bertz CT molecular complexity index is 881. The summed E-state index contributed by atoms with van der Waals surface area (Å²) < 4.78 is 20.4. The van der Waals surface area contributed by atoms with Crippen LogP contribution in [0.5, 0.6) is 5.75 Å². The predicted octanol–water partition coefficient (Wildman–Crippen LogP) is 3.50. The number of rotatable bonds is 5. The van der Waals surface area contributed by atoms with Crippen LogP contribution in [0.3, 0.4) is 0 Å². The van der Waals surface area contributed by atoms with Crippen LogP contribution >= 0.6 is 0 Å². The number of methoxy groups -OCH3 is 1. The maximum Gasteiger partial charge on any atom is 0.143 e. The summed E-state index contributed by atoms with van der Waals surface area (Å²) in [5.41, 5.74) is 2.15. The van der Waals surface area contributed by atoms with Crippen molar-refractivity contribution in [1.29, 1.82) is 5.26 Å². The molecule has 24 heavy (non-hydrogen) atoms. The summed E-state index contributed by atoms with van der Waals surface area (Å²) in [6.07, 6.45) is 1.84. The molecule has 120 valence electrons. The Balaban J connectivity index is 1.73. The molecule has 3 rings (SSSR count). The normalized spacial score (nSPS) is 10.2. The fourth-order valence-electron chi connectivity index (χ4n) is 2.31. The van der Waals surface area contributed by atoms with Gasteiger partial charge in [0.05, 0.1) is 30.7 Å². The van der Waals surface area contributed by atoms with Crippen LogP contribution in [0, 0.1) is 17.1 Å². The third-order valence-corrected chi connectivity index (χ3v) is 3.57. The molecule has 0 aliphatic heterocycles. The molecular formula is C18H15FN4O. The number of anilines is 1. The van der Waals surface area contributed by atoms with E-state index in [2.05, 4.69) is 10.4 Å². The molecule has 5 nitrogen and oxygen atoms in total. The molecule has 0 amide bonds. The highest BCUT2D eigenvalue weighted by molar-refractivity contribution is 5.57.